The summed E-state index contributed by atoms with van der Waals surface area (Å²) in [6.07, 6.45) is 0.620. The fraction of sp³-hybridized carbons (Fsp3) is 0.389. The molecule has 140 valence electrons. The molecule has 0 amide bonds. The van der Waals surface area contributed by atoms with E-state index in [0.717, 1.165) is 10.6 Å². The first-order chi connectivity index (χ1) is 12.4. The number of methoxy groups -OCH3 is 2. The normalized spacial score (nSPS) is 11.9. The maximum absolute atomic E-state index is 12.0. The second-order valence-electron chi connectivity index (χ2n) is 5.99. The van der Waals surface area contributed by atoms with Crippen molar-refractivity contribution in [2.24, 2.45) is 5.92 Å². The number of rotatable bonds is 8. The Hall–Kier alpha value is -1.99. The van der Waals surface area contributed by atoms with Crippen molar-refractivity contribution >= 4 is 35.1 Å². The summed E-state index contributed by atoms with van der Waals surface area (Å²) >= 11 is 7.50. The van der Waals surface area contributed by atoms with E-state index in [1.807, 2.05) is 38.1 Å². The van der Waals surface area contributed by atoms with E-state index in [-0.39, 0.29) is 5.97 Å². The van der Waals surface area contributed by atoms with Crippen molar-refractivity contribution in [3.63, 3.8) is 0 Å². The van der Waals surface area contributed by atoms with Crippen LogP contribution in [0.25, 0.3) is 0 Å². The second kappa shape index (κ2) is 9.64. The predicted molar refractivity (Wildman–Crippen MR) is 103 cm³/mol. The average Bonchev–Trinajstić information content (AvgIpc) is 2.60. The summed E-state index contributed by atoms with van der Waals surface area (Å²) in [5, 5.41) is 3.89. The number of esters is 1. The molecule has 0 unspecified atom stereocenters. The third-order valence-corrected chi connectivity index (χ3v) is 4.52. The van der Waals surface area contributed by atoms with E-state index < -0.39 is 6.04 Å². The van der Waals surface area contributed by atoms with Gasteiger partial charge in [0.05, 0.1) is 14.2 Å². The van der Waals surface area contributed by atoms with Crippen LogP contribution in [0, 0.1) is 5.92 Å². The summed E-state index contributed by atoms with van der Waals surface area (Å²) < 4.78 is 10.0. The van der Waals surface area contributed by atoms with Gasteiger partial charge in [0.1, 0.15) is 22.8 Å². The van der Waals surface area contributed by atoms with Gasteiger partial charge in [-0.1, -0.05) is 25.4 Å². The van der Waals surface area contributed by atoms with Crippen LogP contribution >= 0.6 is 23.4 Å². The quantitative estimate of drug-likeness (QED) is 0.406. The number of anilines is 1. The molecule has 2 rings (SSSR count). The number of carbonyl (C=O) groups is 1. The summed E-state index contributed by atoms with van der Waals surface area (Å²) in [4.78, 5) is 21.6. The highest BCUT2D eigenvalue weighted by atomic mass is 35.5. The lowest BCUT2D eigenvalue weighted by Gasteiger charge is -2.19. The zero-order valence-electron chi connectivity index (χ0n) is 15.2. The van der Waals surface area contributed by atoms with Crippen LogP contribution in [0.2, 0.25) is 5.15 Å². The van der Waals surface area contributed by atoms with Gasteiger partial charge in [-0.25, -0.2) is 14.8 Å². The number of halogens is 1. The van der Waals surface area contributed by atoms with Gasteiger partial charge in [-0.15, -0.1) is 0 Å². The summed E-state index contributed by atoms with van der Waals surface area (Å²) in [7, 11) is 2.99. The molecule has 0 bridgehead atoms. The fourth-order valence-corrected chi connectivity index (χ4v) is 3.28. The number of ether oxygens (including phenoxy) is 2. The zero-order chi connectivity index (χ0) is 19.1. The van der Waals surface area contributed by atoms with Crippen LogP contribution in [0.15, 0.2) is 40.4 Å². The molecule has 26 heavy (non-hydrogen) atoms. The lowest BCUT2D eigenvalue weighted by Crippen LogP contribution is -2.32. The largest absolute Gasteiger partial charge is 0.497 e. The molecule has 0 fully saturated rings. The van der Waals surface area contributed by atoms with Crippen LogP contribution in [0.4, 0.5) is 5.82 Å². The molecule has 0 saturated carbocycles. The Kier molecular flexibility index (Phi) is 7.53. The van der Waals surface area contributed by atoms with Crippen LogP contribution < -0.4 is 10.1 Å². The van der Waals surface area contributed by atoms with Gasteiger partial charge in [0.15, 0.2) is 5.16 Å². The van der Waals surface area contributed by atoms with Crippen molar-refractivity contribution in [2.75, 3.05) is 19.5 Å². The van der Waals surface area contributed by atoms with Crippen molar-refractivity contribution in [3.05, 3.63) is 35.5 Å². The van der Waals surface area contributed by atoms with E-state index in [4.69, 9.17) is 21.1 Å². The molecule has 0 radical (unpaired) electrons. The van der Waals surface area contributed by atoms with Gasteiger partial charge in [-0.05, 0) is 48.4 Å². The Labute approximate surface area is 162 Å². The Bertz CT molecular complexity index is 741. The summed E-state index contributed by atoms with van der Waals surface area (Å²) in [5.74, 6) is 1.24. The number of carbonyl (C=O) groups excluding carboxylic acids is 1. The molecule has 0 aliphatic heterocycles. The third-order valence-electron chi connectivity index (χ3n) is 3.46. The van der Waals surface area contributed by atoms with Crippen LogP contribution in [0.5, 0.6) is 5.75 Å². The monoisotopic (exact) mass is 395 g/mol. The molecule has 0 aliphatic carbocycles. The molecule has 1 atom stereocenters. The van der Waals surface area contributed by atoms with Gasteiger partial charge < -0.3 is 14.8 Å². The smallest absolute Gasteiger partial charge is 0.328 e. The molecule has 8 heteroatoms. The molecule has 6 nitrogen and oxygen atoms in total. The van der Waals surface area contributed by atoms with Crippen molar-refractivity contribution in [3.8, 4) is 5.75 Å². The molecular formula is C18H22ClN3O3S. The molecule has 2 aromatic rings. The minimum Gasteiger partial charge on any atom is -0.497 e. The summed E-state index contributed by atoms with van der Waals surface area (Å²) in [5.41, 5.74) is 0. The number of hydrogen-bond donors (Lipinski definition) is 1. The highest BCUT2D eigenvalue weighted by Gasteiger charge is 2.21. The van der Waals surface area contributed by atoms with Crippen molar-refractivity contribution < 1.29 is 14.3 Å². The van der Waals surface area contributed by atoms with E-state index in [2.05, 4.69) is 15.3 Å². The second-order valence-corrected chi connectivity index (χ2v) is 7.41. The summed E-state index contributed by atoms with van der Waals surface area (Å²) in [6.45, 7) is 4.07. The van der Waals surface area contributed by atoms with Crippen LogP contribution in [-0.2, 0) is 9.53 Å². The average molecular weight is 396 g/mol. The molecule has 1 aromatic heterocycles. The van der Waals surface area contributed by atoms with Crippen molar-refractivity contribution in [2.45, 2.75) is 36.4 Å². The number of benzene rings is 1. The standard InChI is InChI=1S/C18H22ClN3O3S/c1-11(2)9-14(17(23)25-4)20-16-10-15(19)21-18(22-16)26-13-7-5-12(24-3)6-8-13/h5-8,10-11,14H,9H2,1-4H3,(H,20,21,22)/t14-/m0/s1. The first kappa shape index (κ1) is 20.3. The molecule has 0 saturated heterocycles. The van der Waals surface area contributed by atoms with E-state index >= 15 is 0 Å². The predicted octanol–water partition coefficient (Wildman–Crippen LogP) is 4.29. The van der Waals surface area contributed by atoms with Crippen molar-refractivity contribution in [1.82, 2.24) is 9.97 Å². The van der Waals surface area contributed by atoms with E-state index in [9.17, 15) is 4.79 Å². The van der Waals surface area contributed by atoms with Crippen LogP contribution in [0.3, 0.4) is 0 Å². The first-order valence-corrected chi connectivity index (χ1v) is 9.31. The van der Waals surface area contributed by atoms with E-state index in [1.54, 1.807) is 13.2 Å². The minimum absolute atomic E-state index is 0.298. The van der Waals surface area contributed by atoms with Gasteiger partial charge >= 0.3 is 5.97 Å². The highest BCUT2D eigenvalue weighted by Crippen LogP contribution is 2.28. The Morgan fingerprint density at radius 2 is 1.92 bits per heavy atom. The Morgan fingerprint density at radius 1 is 1.23 bits per heavy atom. The Balaban J connectivity index is 2.17. The van der Waals surface area contributed by atoms with E-state index in [0.29, 0.717) is 28.5 Å². The van der Waals surface area contributed by atoms with Crippen molar-refractivity contribution in [1.29, 1.82) is 0 Å². The number of aromatic nitrogens is 2. The first-order valence-electron chi connectivity index (χ1n) is 8.12. The number of nitrogens with zero attached hydrogens (tertiary/aromatic N) is 2. The SMILES string of the molecule is COC(=O)[C@H](CC(C)C)Nc1cc(Cl)nc(Sc2ccc(OC)cc2)n1. The lowest BCUT2D eigenvalue weighted by molar-refractivity contribution is -0.141. The minimum atomic E-state index is -0.496. The van der Waals surface area contributed by atoms with Gasteiger partial charge in [-0.2, -0.15) is 0 Å². The molecular weight excluding hydrogens is 374 g/mol. The highest BCUT2D eigenvalue weighted by molar-refractivity contribution is 7.99. The zero-order valence-corrected chi connectivity index (χ0v) is 16.7. The van der Waals surface area contributed by atoms with Gasteiger partial charge in [-0.3, -0.25) is 0 Å². The number of hydrogen-bond acceptors (Lipinski definition) is 7. The number of nitrogens with one attached hydrogen (secondary N) is 1. The van der Waals surface area contributed by atoms with Crippen LogP contribution in [0.1, 0.15) is 20.3 Å². The van der Waals surface area contributed by atoms with Crippen LogP contribution in [-0.4, -0.2) is 36.2 Å². The topological polar surface area (TPSA) is 73.3 Å². The van der Waals surface area contributed by atoms with Gasteiger partial charge in [0, 0.05) is 11.0 Å². The Morgan fingerprint density at radius 3 is 2.50 bits per heavy atom. The molecule has 1 heterocycles. The fourth-order valence-electron chi connectivity index (χ4n) is 2.27. The van der Waals surface area contributed by atoms with E-state index in [1.165, 1.54) is 18.9 Å². The molecule has 1 N–H and O–H groups in total. The maximum atomic E-state index is 12.0. The third kappa shape index (κ3) is 6.07. The van der Waals surface area contributed by atoms with Gasteiger partial charge in [0.25, 0.3) is 0 Å². The maximum Gasteiger partial charge on any atom is 0.328 e. The molecule has 1 aromatic carbocycles. The molecule has 0 spiro atoms. The van der Waals surface area contributed by atoms with Gasteiger partial charge in [0.2, 0.25) is 0 Å². The summed E-state index contributed by atoms with van der Waals surface area (Å²) in [6, 6.07) is 8.65. The molecule has 0 aliphatic rings. The lowest BCUT2D eigenvalue weighted by atomic mass is 10.0.